The summed E-state index contributed by atoms with van der Waals surface area (Å²) in [5.74, 6) is 1.45. The van der Waals surface area contributed by atoms with Crippen LogP contribution in [0, 0.1) is 0 Å². The summed E-state index contributed by atoms with van der Waals surface area (Å²) in [6, 6.07) is 16.3. The van der Waals surface area contributed by atoms with Crippen molar-refractivity contribution >= 4 is 5.91 Å². The topological polar surface area (TPSA) is 50.8 Å². The van der Waals surface area contributed by atoms with E-state index in [9.17, 15) is 4.79 Å². The average Bonchev–Trinajstić information content (AvgIpc) is 2.76. The molecule has 1 amide bonds. The number of amides is 1. The molecule has 0 saturated heterocycles. The summed E-state index contributed by atoms with van der Waals surface area (Å²) in [6.45, 7) is 11.7. The summed E-state index contributed by atoms with van der Waals surface area (Å²) >= 11 is 0. The van der Waals surface area contributed by atoms with E-state index in [0.717, 1.165) is 24.4 Å². The molecule has 2 aromatic carbocycles. The van der Waals surface area contributed by atoms with E-state index in [4.69, 9.17) is 9.47 Å². The molecule has 0 fully saturated rings. The molecule has 3 rings (SSSR count). The molecule has 0 unspecified atom stereocenters. The van der Waals surface area contributed by atoms with Crippen molar-refractivity contribution in [2.75, 3.05) is 32.8 Å². The lowest BCUT2D eigenvalue weighted by Crippen LogP contribution is -2.44. The molecule has 1 N–H and O–H groups in total. The molecule has 156 valence electrons. The number of ether oxygens (including phenoxy) is 2. The number of nitrogens with zero attached hydrogens (tertiary/aromatic N) is 1. The first-order valence-corrected chi connectivity index (χ1v) is 10.4. The van der Waals surface area contributed by atoms with E-state index in [0.29, 0.717) is 25.5 Å². The van der Waals surface area contributed by atoms with Crippen LogP contribution in [0.15, 0.2) is 48.5 Å². The number of nitrogens with one attached hydrogen (secondary N) is 1. The molecule has 0 aliphatic carbocycles. The first-order valence-electron chi connectivity index (χ1n) is 10.4. The molecule has 29 heavy (non-hydrogen) atoms. The fourth-order valence-corrected chi connectivity index (χ4v) is 3.77. The van der Waals surface area contributed by atoms with Crippen molar-refractivity contribution in [1.82, 2.24) is 10.2 Å². The molecule has 5 nitrogen and oxygen atoms in total. The van der Waals surface area contributed by atoms with Crippen LogP contribution in [-0.4, -0.2) is 43.7 Å². The van der Waals surface area contributed by atoms with Gasteiger partial charge in [-0.3, -0.25) is 9.69 Å². The predicted molar refractivity (Wildman–Crippen MR) is 116 cm³/mol. The molecule has 1 atom stereocenters. The molecular weight excluding hydrogens is 364 g/mol. The average molecular weight is 397 g/mol. The van der Waals surface area contributed by atoms with Crippen molar-refractivity contribution in [3.8, 4) is 11.5 Å². The third kappa shape index (κ3) is 4.73. The van der Waals surface area contributed by atoms with Crippen LogP contribution in [0.5, 0.6) is 11.5 Å². The highest BCUT2D eigenvalue weighted by molar-refractivity contribution is 5.87. The minimum Gasteiger partial charge on any atom is -0.486 e. The Labute approximate surface area is 174 Å². The second-order valence-corrected chi connectivity index (χ2v) is 7.84. The van der Waals surface area contributed by atoms with Gasteiger partial charge in [-0.15, -0.1) is 0 Å². The molecule has 0 spiro atoms. The number of rotatable bonds is 8. The van der Waals surface area contributed by atoms with Crippen molar-refractivity contribution in [2.45, 2.75) is 39.2 Å². The van der Waals surface area contributed by atoms with E-state index in [-0.39, 0.29) is 11.9 Å². The van der Waals surface area contributed by atoms with Crippen LogP contribution in [0.1, 0.15) is 44.9 Å². The van der Waals surface area contributed by atoms with Crippen LogP contribution < -0.4 is 14.8 Å². The minimum atomic E-state index is -0.680. The van der Waals surface area contributed by atoms with Crippen molar-refractivity contribution in [3.05, 3.63) is 59.7 Å². The van der Waals surface area contributed by atoms with E-state index in [2.05, 4.69) is 36.2 Å². The quantitative estimate of drug-likeness (QED) is 0.734. The van der Waals surface area contributed by atoms with Gasteiger partial charge in [0.25, 0.3) is 0 Å². The summed E-state index contributed by atoms with van der Waals surface area (Å²) in [4.78, 5) is 15.5. The molecule has 1 heterocycles. The van der Waals surface area contributed by atoms with Crippen molar-refractivity contribution in [1.29, 1.82) is 0 Å². The summed E-state index contributed by atoms with van der Waals surface area (Å²) in [5.41, 5.74) is 1.45. The third-order valence-corrected chi connectivity index (χ3v) is 5.72. The van der Waals surface area contributed by atoms with Gasteiger partial charge >= 0.3 is 0 Å². The molecule has 1 aliphatic rings. The molecular formula is C24H32N2O3. The van der Waals surface area contributed by atoms with Crippen LogP contribution in [0.4, 0.5) is 0 Å². The van der Waals surface area contributed by atoms with Gasteiger partial charge in [-0.2, -0.15) is 0 Å². The van der Waals surface area contributed by atoms with E-state index in [1.54, 1.807) is 0 Å². The van der Waals surface area contributed by atoms with Gasteiger partial charge in [0.2, 0.25) is 5.91 Å². The summed E-state index contributed by atoms with van der Waals surface area (Å²) in [5, 5.41) is 3.20. The standard InChI is InChI=1S/C24H32N2O3/c1-5-26(6-2)20(18-10-8-7-9-11-18)17-25-23(27)24(3,4)19-12-13-21-22(16-19)29-15-14-28-21/h7-13,16,20H,5-6,14-15,17H2,1-4H3,(H,25,27)/t20-/m0/s1. The maximum Gasteiger partial charge on any atom is 0.230 e. The highest BCUT2D eigenvalue weighted by Crippen LogP contribution is 2.35. The van der Waals surface area contributed by atoms with Crippen LogP contribution >= 0.6 is 0 Å². The highest BCUT2D eigenvalue weighted by atomic mass is 16.6. The Kier molecular flexibility index (Phi) is 6.80. The SMILES string of the molecule is CCN(CC)[C@@H](CNC(=O)C(C)(C)c1ccc2c(c1)OCCO2)c1ccccc1. The number of hydrogen-bond donors (Lipinski definition) is 1. The molecule has 0 aromatic heterocycles. The van der Waals surface area contributed by atoms with Crippen LogP contribution in [0.2, 0.25) is 0 Å². The Hall–Kier alpha value is -2.53. The van der Waals surface area contributed by atoms with E-state index < -0.39 is 5.41 Å². The molecule has 2 aromatic rings. The van der Waals surface area contributed by atoms with Gasteiger partial charge in [0.1, 0.15) is 13.2 Å². The Bertz CT molecular complexity index is 816. The van der Waals surface area contributed by atoms with Gasteiger partial charge in [0.05, 0.1) is 11.5 Å². The minimum absolute atomic E-state index is 0.00210. The van der Waals surface area contributed by atoms with Crippen molar-refractivity contribution in [2.24, 2.45) is 0 Å². The zero-order valence-corrected chi connectivity index (χ0v) is 17.9. The molecule has 0 radical (unpaired) electrons. The largest absolute Gasteiger partial charge is 0.486 e. The number of likely N-dealkylation sites (N-methyl/N-ethyl adjacent to an activating group) is 1. The van der Waals surface area contributed by atoms with Crippen molar-refractivity contribution in [3.63, 3.8) is 0 Å². The second kappa shape index (κ2) is 9.31. The van der Waals surface area contributed by atoms with Gasteiger partial charge in [-0.1, -0.05) is 50.2 Å². The monoisotopic (exact) mass is 396 g/mol. The Morgan fingerprint density at radius 1 is 1.03 bits per heavy atom. The fraction of sp³-hybridized carbons (Fsp3) is 0.458. The number of benzene rings is 2. The van der Waals surface area contributed by atoms with Gasteiger partial charge in [0.15, 0.2) is 11.5 Å². The van der Waals surface area contributed by atoms with Gasteiger partial charge in [0, 0.05) is 6.54 Å². The number of fused-ring (bicyclic) bond motifs is 1. The first kappa shape index (κ1) is 21.2. The predicted octanol–water partition coefficient (Wildman–Crippen LogP) is 3.93. The molecule has 5 heteroatoms. The number of carbonyl (C=O) groups excluding carboxylic acids is 1. The fourth-order valence-electron chi connectivity index (χ4n) is 3.77. The van der Waals surface area contributed by atoms with E-state index in [1.165, 1.54) is 5.56 Å². The number of hydrogen-bond acceptors (Lipinski definition) is 4. The lowest BCUT2D eigenvalue weighted by atomic mass is 9.83. The molecule has 0 bridgehead atoms. The number of carbonyl (C=O) groups is 1. The van der Waals surface area contributed by atoms with Gasteiger partial charge in [-0.25, -0.2) is 0 Å². The lowest BCUT2D eigenvalue weighted by molar-refractivity contribution is -0.125. The Morgan fingerprint density at radius 3 is 2.34 bits per heavy atom. The molecule has 1 aliphatic heterocycles. The lowest BCUT2D eigenvalue weighted by Gasteiger charge is -2.32. The van der Waals surface area contributed by atoms with E-state index >= 15 is 0 Å². The Morgan fingerprint density at radius 2 is 1.69 bits per heavy atom. The smallest absolute Gasteiger partial charge is 0.230 e. The van der Waals surface area contributed by atoms with E-state index in [1.807, 2.05) is 50.2 Å². The zero-order valence-electron chi connectivity index (χ0n) is 17.9. The maximum atomic E-state index is 13.2. The molecule has 0 saturated carbocycles. The first-order chi connectivity index (χ1) is 14.0. The summed E-state index contributed by atoms with van der Waals surface area (Å²) in [7, 11) is 0. The van der Waals surface area contributed by atoms with Crippen LogP contribution in [-0.2, 0) is 10.2 Å². The van der Waals surface area contributed by atoms with Gasteiger partial charge in [-0.05, 0) is 50.2 Å². The normalized spacial score (nSPS) is 14.5. The highest BCUT2D eigenvalue weighted by Gasteiger charge is 2.32. The second-order valence-electron chi connectivity index (χ2n) is 7.84. The third-order valence-electron chi connectivity index (χ3n) is 5.72. The summed E-state index contributed by atoms with van der Waals surface area (Å²) in [6.07, 6.45) is 0. The zero-order chi connectivity index (χ0) is 20.9. The summed E-state index contributed by atoms with van der Waals surface area (Å²) < 4.78 is 11.3. The van der Waals surface area contributed by atoms with Crippen LogP contribution in [0.25, 0.3) is 0 Å². The van der Waals surface area contributed by atoms with Crippen LogP contribution in [0.3, 0.4) is 0 Å². The Balaban J connectivity index is 1.75. The maximum absolute atomic E-state index is 13.2. The van der Waals surface area contributed by atoms with Gasteiger partial charge < -0.3 is 14.8 Å². The van der Waals surface area contributed by atoms with Crippen molar-refractivity contribution < 1.29 is 14.3 Å².